The highest BCUT2D eigenvalue weighted by Crippen LogP contribution is 2.23. The average molecular weight is 382 g/mol. The SMILES string of the molecule is Cc1nn(Cc2ccccc2)c(C)c1NC(=O)C(C)n1nc([N+](=O)[O-])cc1C. The summed E-state index contributed by atoms with van der Waals surface area (Å²) in [7, 11) is 0. The number of hydrogen-bond donors (Lipinski definition) is 1. The second-order valence-corrected chi connectivity index (χ2v) is 6.70. The van der Waals surface area contributed by atoms with Crippen molar-refractivity contribution in [3.8, 4) is 0 Å². The van der Waals surface area contributed by atoms with Crippen LogP contribution in [0, 0.1) is 30.9 Å². The molecular weight excluding hydrogens is 360 g/mol. The number of benzene rings is 1. The van der Waals surface area contributed by atoms with Crippen LogP contribution >= 0.6 is 0 Å². The summed E-state index contributed by atoms with van der Waals surface area (Å²) in [5.41, 5.74) is 3.84. The minimum Gasteiger partial charge on any atom is -0.358 e. The average Bonchev–Trinajstić information content (AvgIpc) is 3.17. The molecule has 0 aliphatic rings. The molecule has 1 atom stereocenters. The lowest BCUT2D eigenvalue weighted by molar-refractivity contribution is -0.389. The van der Waals surface area contributed by atoms with E-state index < -0.39 is 11.0 Å². The van der Waals surface area contributed by atoms with Crippen LogP contribution in [-0.2, 0) is 11.3 Å². The Morgan fingerprint density at radius 2 is 1.89 bits per heavy atom. The van der Waals surface area contributed by atoms with Gasteiger partial charge in [0, 0.05) is 0 Å². The summed E-state index contributed by atoms with van der Waals surface area (Å²) >= 11 is 0. The number of carbonyl (C=O) groups excluding carboxylic acids is 1. The van der Waals surface area contributed by atoms with E-state index in [2.05, 4.69) is 15.5 Å². The zero-order chi connectivity index (χ0) is 20.4. The first-order valence-electron chi connectivity index (χ1n) is 8.87. The normalized spacial score (nSPS) is 12.0. The Morgan fingerprint density at radius 3 is 2.50 bits per heavy atom. The highest BCUT2D eigenvalue weighted by atomic mass is 16.6. The zero-order valence-electron chi connectivity index (χ0n) is 16.2. The van der Waals surface area contributed by atoms with Crippen LogP contribution in [-0.4, -0.2) is 30.4 Å². The molecule has 3 aromatic rings. The number of anilines is 1. The molecule has 0 bridgehead atoms. The lowest BCUT2D eigenvalue weighted by Crippen LogP contribution is -2.25. The van der Waals surface area contributed by atoms with Gasteiger partial charge in [-0.2, -0.15) is 9.78 Å². The summed E-state index contributed by atoms with van der Waals surface area (Å²) < 4.78 is 3.20. The smallest absolute Gasteiger partial charge is 0.358 e. The van der Waals surface area contributed by atoms with Gasteiger partial charge in [0.25, 0.3) is 5.91 Å². The van der Waals surface area contributed by atoms with Crippen LogP contribution in [0.25, 0.3) is 0 Å². The van der Waals surface area contributed by atoms with Crippen LogP contribution in [0.4, 0.5) is 11.5 Å². The molecule has 1 aromatic carbocycles. The molecular formula is C19H22N6O3. The molecule has 0 radical (unpaired) electrons. The van der Waals surface area contributed by atoms with Crippen molar-refractivity contribution in [1.82, 2.24) is 19.6 Å². The quantitative estimate of drug-likeness (QED) is 0.520. The van der Waals surface area contributed by atoms with Gasteiger partial charge < -0.3 is 15.4 Å². The van der Waals surface area contributed by atoms with E-state index in [0.717, 1.165) is 11.3 Å². The minimum absolute atomic E-state index is 0.278. The van der Waals surface area contributed by atoms with E-state index in [-0.39, 0.29) is 11.7 Å². The van der Waals surface area contributed by atoms with Gasteiger partial charge in [-0.3, -0.25) is 9.48 Å². The van der Waals surface area contributed by atoms with Gasteiger partial charge in [0.15, 0.2) is 0 Å². The van der Waals surface area contributed by atoms with E-state index in [1.54, 1.807) is 13.8 Å². The number of amides is 1. The minimum atomic E-state index is -0.704. The summed E-state index contributed by atoms with van der Waals surface area (Å²) in [4.78, 5) is 23.1. The van der Waals surface area contributed by atoms with Crippen molar-refractivity contribution in [2.45, 2.75) is 40.3 Å². The third kappa shape index (κ3) is 3.78. The van der Waals surface area contributed by atoms with Crippen LogP contribution in [0.5, 0.6) is 0 Å². The molecule has 2 aromatic heterocycles. The molecule has 0 spiro atoms. The molecule has 1 N–H and O–H groups in total. The fraction of sp³-hybridized carbons (Fsp3) is 0.316. The van der Waals surface area contributed by atoms with Gasteiger partial charge in [0.2, 0.25) is 0 Å². The summed E-state index contributed by atoms with van der Waals surface area (Å²) in [5, 5.41) is 22.2. The van der Waals surface area contributed by atoms with Gasteiger partial charge in [-0.1, -0.05) is 30.3 Å². The number of aromatic nitrogens is 4. The molecule has 2 heterocycles. The largest absolute Gasteiger partial charge is 0.390 e. The fourth-order valence-electron chi connectivity index (χ4n) is 3.08. The zero-order valence-corrected chi connectivity index (χ0v) is 16.2. The molecule has 0 aliphatic heterocycles. The van der Waals surface area contributed by atoms with Crippen LogP contribution in [0.3, 0.4) is 0 Å². The number of nitro groups is 1. The van der Waals surface area contributed by atoms with E-state index in [1.807, 2.05) is 48.9 Å². The van der Waals surface area contributed by atoms with Crippen molar-refractivity contribution in [2.24, 2.45) is 0 Å². The van der Waals surface area contributed by atoms with Crippen molar-refractivity contribution in [2.75, 3.05) is 5.32 Å². The number of nitrogens with zero attached hydrogens (tertiary/aromatic N) is 5. The maximum atomic E-state index is 12.7. The fourth-order valence-corrected chi connectivity index (χ4v) is 3.08. The number of aryl methyl sites for hydroxylation is 2. The van der Waals surface area contributed by atoms with Crippen LogP contribution < -0.4 is 5.32 Å². The summed E-state index contributed by atoms with van der Waals surface area (Å²) in [6.07, 6.45) is 0. The summed E-state index contributed by atoms with van der Waals surface area (Å²) in [6, 6.07) is 10.6. The maximum absolute atomic E-state index is 12.7. The Labute approximate surface area is 162 Å². The number of nitrogens with one attached hydrogen (secondary N) is 1. The molecule has 3 rings (SSSR count). The second-order valence-electron chi connectivity index (χ2n) is 6.70. The van der Waals surface area contributed by atoms with Crippen LogP contribution in [0.2, 0.25) is 0 Å². The van der Waals surface area contributed by atoms with Gasteiger partial charge in [0.05, 0.1) is 40.5 Å². The Bertz CT molecular complexity index is 1020. The van der Waals surface area contributed by atoms with E-state index in [4.69, 9.17) is 0 Å². The first-order valence-corrected chi connectivity index (χ1v) is 8.87. The molecule has 0 aliphatic carbocycles. The van der Waals surface area contributed by atoms with Gasteiger partial charge in [-0.25, -0.2) is 0 Å². The van der Waals surface area contributed by atoms with Crippen LogP contribution in [0.15, 0.2) is 36.4 Å². The molecule has 0 saturated carbocycles. The first kappa shape index (κ1) is 19.3. The van der Waals surface area contributed by atoms with Gasteiger partial charge in [-0.15, -0.1) is 0 Å². The maximum Gasteiger partial charge on any atom is 0.390 e. The van der Waals surface area contributed by atoms with Crippen molar-refractivity contribution < 1.29 is 9.72 Å². The predicted molar refractivity (Wildman–Crippen MR) is 104 cm³/mol. The molecule has 1 amide bonds. The molecule has 9 heteroatoms. The van der Waals surface area contributed by atoms with Gasteiger partial charge >= 0.3 is 5.82 Å². The van der Waals surface area contributed by atoms with E-state index >= 15 is 0 Å². The molecule has 9 nitrogen and oxygen atoms in total. The lowest BCUT2D eigenvalue weighted by Gasteiger charge is -2.12. The molecule has 146 valence electrons. The van der Waals surface area contributed by atoms with E-state index in [0.29, 0.717) is 23.6 Å². The van der Waals surface area contributed by atoms with E-state index in [1.165, 1.54) is 10.7 Å². The number of carbonyl (C=O) groups is 1. The highest BCUT2D eigenvalue weighted by molar-refractivity contribution is 5.94. The summed E-state index contributed by atoms with van der Waals surface area (Å²) in [6.45, 7) is 7.66. The van der Waals surface area contributed by atoms with Crippen molar-refractivity contribution in [3.63, 3.8) is 0 Å². The Balaban J connectivity index is 1.79. The monoisotopic (exact) mass is 382 g/mol. The van der Waals surface area contributed by atoms with E-state index in [9.17, 15) is 14.9 Å². The van der Waals surface area contributed by atoms with Crippen molar-refractivity contribution in [3.05, 3.63) is 69.2 Å². The topological polar surface area (TPSA) is 108 Å². The molecule has 0 fully saturated rings. The number of hydrogen-bond acceptors (Lipinski definition) is 5. The third-order valence-corrected chi connectivity index (χ3v) is 4.65. The van der Waals surface area contributed by atoms with Crippen molar-refractivity contribution >= 4 is 17.4 Å². The molecule has 0 saturated heterocycles. The summed E-state index contributed by atoms with van der Waals surface area (Å²) in [5.74, 6) is -0.591. The first-order chi connectivity index (χ1) is 13.3. The Hall–Kier alpha value is -3.49. The van der Waals surface area contributed by atoms with Gasteiger partial charge in [0.1, 0.15) is 6.04 Å². The third-order valence-electron chi connectivity index (χ3n) is 4.65. The number of rotatable bonds is 6. The predicted octanol–water partition coefficient (Wildman–Crippen LogP) is 3.16. The van der Waals surface area contributed by atoms with Crippen LogP contribution in [0.1, 0.15) is 35.6 Å². The van der Waals surface area contributed by atoms with Gasteiger partial charge in [-0.05, 0) is 38.2 Å². The standard InChI is InChI=1S/C19H22N6O3/c1-12-10-17(25(27)28)22-24(12)15(4)19(26)20-18-13(2)21-23(14(18)3)11-16-8-6-5-7-9-16/h5-10,15H,11H2,1-4H3,(H,20,26). The molecule has 1 unspecified atom stereocenters. The molecule has 28 heavy (non-hydrogen) atoms. The highest BCUT2D eigenvalue weighted by Gasteiger charge is 2.26. The lowest BCUT2D eigenvalue weighted by atomic mass is 10.2. The van der Waals surface area contributed by atoms with Crippen molar-refractivity contribution in [1.29, 1.82) is 0 Å². The Kier molecular flexibility index (Phi) is 5.25. The second kappa shape index (κ2) is 7.63. The Morgan fingerprint density at radius 1 is 1.21 bits per heavy atom.